The van der Waals surface area contributed by atoms with Crippen LogP contribution < -0.4 is 5.32 Å². The lowest BCUT2D eigenvalue weighted by Crippen LogP contribution is -2.18. The number of hydrogen-bond acceptors (Lipinski definition) is 5. The van der Waals surface area contributed by atoms with Gasteiger partial charge in [0.15, 0.2) is 0 Å². The Labute approximate surface area is 99.6 Å². The Balaban J connectivity index is 2.86. The molecule has 1 aromatic rings. The van der Waals surface area contributed by atoms with Gasteiger partial charge >= 0.3 is 5.69 Å². The minimum absolute atomic E-state index is 0.0170. The van der Waals surface area contributed by atoms with Gasteiger partial charge < -0.3 is 10.4 Å². The molecule has 7 heteroatoms. The highest BCUT2D eigenvalue weighted by atomic mass is 16.6. The van der Waals surface area contributed by atoms with Crippen LogP contribution in [0.2, 0.25) is 0 Å². The fraction of sp³-hybridized carbons (Fsp3) is 0.700. The molecule has 1 heterocycles. The van der Waals surface area contributed by atoms with Gasteiger partial charge in [0.2, 0.25) is 5.82 Å². The van der Waals surface area contributed by atoms with Crippen LogP contribution in [0.5, 0.6) is 0 Å². The van der Waals surface area contributed by atoms with Crippen LogP contribution in [0, 0.1) is 17.0 Å². The van der Waals surface area contributed by atoms with E-state index in [-0.39, 0.29) is 18.3 Å². The summed E-state index contributed by atoms with van der Waals surface area (Å²) >= 11 is 0. The van der Waals surface area contributed by atoms with Crippen LogP contribution in [0.1, 0.15) is 25.5 Å². The summed E-state index contributed by atoms with van der Waals surface area (Å²) in [7, 11) is 1.67. The molecule has 0 bridgehead atoms. The van der Waals surface area contributed by atoms with Crippen molar-refractivity contribution in [2.75, 3.05) is 11.9 Å². The first-order valence-electron chi connectivity index (χ1n) is 5.52. The van der Waals surface area contributed by atoms with Gasteiger partial charge in [-0.25, -0.2) is 4.68 Å². The van der Waals surface area contributed by atoms with E-state index >= 15 is 0 Å². The van der Waals surface area contributed by atoms with Crippen molar-refractivity contribution in [2.45, 2.75) is 32.7 Å². The third kappa shape index (κ3) is 3.16. The summed E-state index contributed by atoms with van der Waals surface area (Å²) in [5.74, 6) is 0.415. The van der Waals surface area contributed by atoms with E-state index in [9.17, 15) is 10.1 Å². The molecular formula is C10H18N4O3. The first kappa shape index (κ1) is 13.4. The lowest BCUT2D eigenvalue weighted by atomic mass is 10.2. The second-order valence-corrected chi connectivity index (χ2v) is 4.07. The van der Waals surface area contributed by atoms with E-state index in [0.717, 1.165) is 6.42 Å². The molecule has 0 aliphatic carbocycles. The molecule has 0 aliphatic heterocycles. The lowest BCUT2D eigenvalue weighted by molar-refractivity contribution is -0.384. The Morgan fingerprint density at radius 2 is 2.29 bits per heavy atom. The van der Waals surface area contributed by atoms with Crippen LogP contribution in [-0.2, 0) is 7.05 Å². The highest BCUT2D eigenvalue weighted by Crippen LogP contribution is 2.28. The number of hydrogen-bond donors (Lipinski definition) is 2. The summed E-state index contributed by atoms with van der Waals surface area (Å²) in [5.41, 5.74) is 0.415. The van der Waals surface area contributed by atoms with Gasteiger partial charge in [0.05, 0.1) is 4.92 Å². The minimum Gasteiger partial charge on any atom is -0.396 e. The Hall–Kier alpha value is -1.63. The normalized spacial score (nSPS) is 12.5. The first-order valence-corrected chi connectivity index (χ1v) is 5.52. The lowest BCUT2D eigenvalue weighted by Gasteiger charge is -2.13. The molecule has 0 radical (unpaired) electrons. The summed E-state index contributed by atoms with van der Waals surface area (Å²) in [6.45, 7) is 3.65. The number of nitrogens with one attached hydrogen (secondary N) is 1. The molecular weight excluding hydrogens is 224 g/mol. The summed E-state index contributed by atoms with van der Waals surface area (Å²) < 4.78 is 1.48. The summed E-state index contributed by atoms with van der Waals surface area (Å²) in [6, 6.07) is 0.0515. The molecule has 2 N–H and O–H groups in total. The molecule has 0 spiro atoms. The van der Waals surface area contributed by atoms with E-state index < -0.39 is 4.92 Å². The molecule has 1 aromatic heterocycles. The molecule has 0 saturated heterocycles. The van der Waals surface area contributed by atoms with E-state index in [4.69, 9.17) is 5.11 Å². The van der Waals surface area contributed by atoms with Crippen LogP contribution in [0.3, 0.4) is 0 Å². The standard InChI is InChI=1S/C10H18N4O3/c1-7(5-4-6-15)11-10-9(14(16)17)8(2)12-13(10)3/h7,11,15H,4-6H2,1-3H3. The molecule has 7 nitrogen and oxygen atoms in total. The molecule has 1 unspecified atom stereocenters. The second-order valence-electron chi connectivity index (χ2n) is 4.07. The van der Waals surface area contributed by atoms with Crippen LogP contribution in [0.15, 0.2) is 0 Å². The number of aliphatic hydroxyl groups is 1. The van der Waals surface area contributed by atoms with E-state index in [2.05, 4.69) is 10.4 Å². The number of aromatic nitrogens is 2. The molecule has 0 fully saturated rings. The Bertz CT molecular complexity index is 403. The average Bonchev–Trinajstić information content (AvgIpc) is 2.51. The Kier molecular flexibility index (Phi) is 4.45. The zero-order valence-electron chi connectivity index (χ0n) is 10.3. The Morgan fingerprint density at radius 1 is 1.65 bits per heavy atom. The predicted octanol–water partition coefficient (Wildman–Crippen LogP) is 1.21. The van der Waals surface area contributed by atoms with Gasteiger partial charge in [-0.2, -0.15) is 5.10 Å². The SMILES string of the molecule is Cc1nn(C)c(NC(C)CCCO)c1[N+](=O)[O-]. The smallest absolute Gasteiger partial charge is 0.333 e. The summed E-state index contributed by atoms with van der Waals surface area (Å²) in [6.07, 6.45) is 1.41. The fourth-order valence-electron chi connectivity index (χ4n) is 1.73. The maximum Gasteiger partial charge on any atom is 0.333 e. The number of nitrogens with zero attached hydrogens (tertiary/aromatic N) is 3. The van der Waals surface area contributed by atoms with Crippen molar-refractivity contribution in [3.8, 4) is 0 Å². The third-order valence-corrected chi connectivity index (χ3v) is 2.55. The van der Waals surface area contributed by atoms with E-state index in [1.54, 1.807) is 14.0 Å². The van der Waals surface area contributed by atoms with Crippen molar-refractivity contribution in [1.29, 1.82) is 0 Å². The number of rotatable bonds is 6. The van der Waals surface area contributed by atoms with Crippen LogP contribution >= 0.6 is 0 Å². The largest absolute Gasteiger partial charge is 0.396 e. The van der Waals surface area contributed by atoms with Gasteiger partial charge in [-0.3, -0.25) is 10.1 Å². The highest BCUT2D eigenvalue weighted by molar-refractivity contribution is 5.59. The topological polar surface area (TPSA) is 93.2 Å². The van der Waals surface area contributed by atoms with Crippen molar-refractivity contribution < 1.29 is 10.0 Å². The average molecular weight is 242 g/mol. The molecule has 96 valence electrons. The first-order chi connectivity index (χ1) is 7.97. The number of anilines is 1. The summed E-state index contributed by atoms with van der Waals surface area (Å²) in [5, 5.41) is 26.7. The monoisotopic (exact) mass is 242 g/mol. The molecule has 0 saturated carbocycles. The van der Waals surface area contributed by atoms with Crippen LogP contribution in [-0.4, -0.2) is 32.5 Å². The van der Waals surface area contributed by atoms with Gasteiger partial charge in [-0.1, -0.05) is 0 Å². The molecule has 17 heavy (non-hydrogen) atoms. The molecule has 1 atom stereocenters. The molecule has 0 amide bonds. The van der Waals surface area contributed by atoms with E-state index in [1.807, 2.05) is 6.92 Å². The van der Waals surface area contributed by atoms with Crippen LogP contribution in [0.25, 0.3) is 0 Å². The zero-order valence-corrected chi connectivity index (χ0v) is 10.3. The second kappa shape index (κ2) is 5.62. The highest BCUT2D eigenvalue weighted by Gasteiger charge is 2.24. The predicted molar refractivity (Wildman–Crippen MR) is 64.0 cm³/mol. The molecule has 1 rings (SSSR count). The van der Waals surface area contributed by atoms with Gasteiger partial charge in [0, 0.05) is 19.7 Å². The van der Waals surface area contributed by atoms with E-state index in [1.165, 1.54) is 4.68 Å². The fourth-order valence-corrected chi connectivity index (χ4v) is 1.73. The number of nitro groups is 1. The minimum atomic E-state index is -0.427. The van der Waals surface area contributed by atoms with Crippen molar-refractivity contribution in [1.82, 2.24) is 9.78 Å². The quantitative estimate of drug-likeness (QED) is 0.577. The third-order valence-electron chi connectivity index (χ3n) is 2.55. The molecule has 0 aliphatic rings. The maximum atomic E-state index is 10.9. The van der Waals surface area contributed by atoms with Crippen molar-refractivity contribution in [3.05, 3.63) is 15.8 Å². The summed E-state index contributed by atoms with van der Waals surface area (Å²) in [4.78, 5) is 10.5. The van der Waals surface area contributed by atoms with Crippen molar-refractivity contribution in [3.63, 3.8) is 0 Å². The van der Waals surface area contributed by atoms with Gasteiger partial charge in [0.1, 0.15) is 5.69 Å². The van der Waals surface area contributed by atoms with Crippen molar-refractivity contribution in [2.24, 2.45) is 7.05 Å². The maximum absolute atomic E-state index is 10.9. The number of aryl methyl sites for hydroxylation is 2. The van der Waals surface area contributed by atoms with E-state index in [0.29, 0.717) is 17.9 Å². The van der Waals surface area contributed by atoms with Gasteiger partial charge in [-0.05, 0) is 26.7 Å². The Morgan fingerprint density at radius 3 is 2.82 bits per heavy atom. The van der Waals surface area contributed by atoms with Crippen LogP contribution in [0.4, 0.5) is 11.5 Å². The molecule has 0 aromatic carbocycles. The number of aliphatic hydroxyl groups excluding tert-OH is 1. The van der Waals surface area contributed by atoms with Gasteiger partial charge in [-0.15, -0.1) is 0 Å². The van der Waals surface area contributed by atoms with Gasteiger partial charge in [0.25, 0.3) is 0 Å². The van der Waals surface area contributed by atoms with Crippen molar-refractivity contribution >= 4 is 11.5 Å². The zero-order chi connectivity index (χ0) is 13.0.